The Morgan fingerprint density at radius 1 is 1.69 bits per heavy atom. The van der Waals surface area contributed by atoms with Crippen molar-refractivity contribution in [3.05, 3.63) is 18.0 Å². The van der Waals surface area contributed by atoms with Crippen molar-refractivity contribution in [1.29, 1.82) is 0 Å². The van der Waals surface area contributed by atoms with Crippen LogP contribution < -0.4 is 11.1 Å². The van der Waals surface area contributed by atoms with Gasteiger partial charge in [0, 0.05) is 12.7 Å². The van der Waals surface area contributed by atoms with E-state index in [0.29, 0.717) is 13.0 Å². The van der Waals surface area contributed by atoms with Gasteiger partial charge in [0.25, 0.3) is 0 Å². The minimum Gasteiger partial charge on any atom is -0.368 e. The van der Waals surface area contributed by atoms with Crippen LogP contribution in [0.1, 0.15) is 25.3 Å². The van der Waals surface area contributed by atoms with Gasteiger partial charge in [-0.2, -0.15) is 5.10 Å². The van der Waals surface area contributed by atoms with Gasteiger partial charge in [0.1, 0.15) is 0 Å². The normalized spacial score (nSPS) is 12.6. The zero-order chi connectivity index (χ0) is 12.0. The maximum Gasteiger partial charge on any atom is 0.234 e. The van der Waals surface area contributed by atoms with E-state index in [4.69, 9.17) is 5.73 Å². The first-order valence-corrected chi connectivity index (χ1v) is 5.65. The summed E-state index contributed by atoms with van der Waals surface area (Å²) in [5.74, 6) is -0.316. The highest BCUT2D eigenvalue weighted by atomic mass is 16.1. The number of aromatic nitrogens is 2. The van der Waals surface area contributed by atoms with E-state index in [1.54, 1.807) is 7.05 Å². The molecule has 90 valence electrons. The Hall–Kier alpha value is -1.36. The Kier molecular flexibility index (Phi) is 4.98. The summed E-state index contributed by atoms with van der Waals surface area (Å²) in [6, 6.07) is -0.279. The van der Waals surface area contributed by atoms with Gasteiger partial charge in [-0.25, -0.2) is 0 Å². The zero-order valence-electron chi connectivity index (χ0n) is 9.94. The number of nitrogens with two attached hydrogens (primary N) is 1. The molecule has 5 heteroatoms. The molecule has 0 spiro atoms. The molecule has 0 bridgehead atoms. The smallest absolute Gasteiger partial charge is 0.234 e. The Labute approximate surface area is 96.0 Å². The Balaban J connectivity index is 2.44. The Bertz CT molecular complexity index is 334. The molecule has 1 amide bonds. The molecule has 1 atom stereocenters. The summed E-state index contributed by atoms with van der Waals surface area (Å²) in [5.41, 5.74) is 6.47. The van der Waals surface area contributed by atoms with Crippen LogP contribution in [0.2, 0.25) is 0 Å². The van der Waals surface area contributed by atoms with E-state index in [0.717, 1.165) is 12.8 Å². The second kappa shape index (κ2) is 6.27. The predicted molar refractivity (Wildman–Crippen MR) is 62.9 cm³/mol. The summed E-state index contributed by atoms with van der Waals surface area (Å²) in [7, 11) is 1.74. The Morgan fingerprint density at radius 3 is 3.00 bits per heavy atom. The Morgan fingerprint density at radius 2 is 2.44 bits per heavy atom. The first kappa shape index (κ1) is 12.7. The third-order valence-electron chi connectivity index (χ3n) is 2.56. The molecule has 0 saturated carbocycles. The van der Waals surface area contributed by atoms with E-state index in [9.17, 15) is 4.79 Å². The van der Waals surface area contributed by atoms with E-state index in [1.807, 2.05) is 17.1 Å². The van der Waals surface area contributed by atoms with Gasteiger partial charge in [-0.15, -0.1) is 0 Å². The van der Waals surface area contributed by atoms with Gasteiger partial charge in [-0.1, -0.05) is 13.3 Å². The van der Waals surface area contributed by atoms with Crippen molar-refractivity contribution in [2.24, 2.45) is 5.73 Å². The molecule has 1 rings (SSSR count). The van der Waals surface area contributed by atoms with Crippen molar-refractivity contribution in [1.82, 2.24) is 15.1 Å². The lowest BCUT2D eigenvalue weighted by Gasteiger charge is -2.11. The highest BCUT2D eigenvalue weighted by Crippen LogP contribution is 2.03. The second-order valence-corrected chi connectivity index (χ2v) is 3.89. The third kappa shape index (κ3) is 3.66. The predicted octanol–water partition coefficient (Wildman–Crippen LogP) is 0.299. The first-order chi connectivity index (χ1) is 7.67. The molecule has 0 radical (unpaired) electrons. The lowest BCUT2D eigenvalue weighted by molar-refractivity contribution is -0.120. The largest absolute Gasteiger partial charge is 0.368 e. The molecule has 0 fully saturated rings. The van der Waals surface area contributed by atoms with Crippen LogP contribution in [0.5, 0.6) is 0 Å². The number of primary amides is 1. The van der Waals surface area contributed by atoms with Crippen LogP contribution in [0, 0.1) is 0 Å². The van der Waals surface area contributed by atoms with E-state index in [-0.39, 0.29) is 11.9 Å². The third-order valence-corrected chi connectivity index (χ3v) is 2.56. The van der Waals surface area contributed by atoms with Crippen LogP contribution in [-0.2, 0) is 17.8 Å². The SMILES string of the molecule is CCCc1cnn(CCC(NC)C(N)=O)c1. The molecular formula is C11H20N4O. The van der Waals surface area contributed by atoms with Crippen LogP contribution in [0.15, 0.2) is 12.4 Å². The van der Waals surface area contributed by atoms with Crippen molar-refractivity contribution in [3.63, 3.8) is 0 Å². The average molecular weight is 224 g/mol. The number of nitrogens with zero attached hydrogens (tertiary/aromatic N) is 2. The van der Waals surface area contributed by atoms with Gasteiger partial charge >= 0.3 is 0 Å². The molecular weight excluding hydrogens is 204 g/mol. The van der Waals surface area contributed by atoms with Gasteiger partial charge < -0.3 is 11.1 Å². The lowest BCUT2D eigenvalue weighted by atomic mass is 10.2. The molecule has 1 aromatic heterocycles. The fourth-order valence-corrected chi connectivity index (χ4v) is 1.64. The number of aryl methyl sites for hydroxylation is 2. The maximum absolute atomic E-state index is 11.0. The highest BCUT2D eigenvalue weighted by Gasteiger charge is 2.12. The summed E-state index contributed by atoms with van der Waals surface area (Å²) in [5, 5.41) is 7.13. The van der Waals surface area contributed by atoms with Crippen LogP contribution in [0.3, 0.4) is 0 Å². The topological polar surface area (TPSA) is 72.9 Å². The molecule has 3 N–H and O–H groups in total. The van der Waals surface area contributed by atoms with Gasteiger partial charge in [-0.3, -0.25) is 9.48 Å². The number of rotatable bonds is 7. The number of hydrogen-bond donors (Lipinski definition) is 2. The number of nitrogens with one attached hydrogen (secondary N) is 1. The monoisotopic (exact) mass is 224 g/mol. The van der Waals surface area contributed by atoms with E-state index in [1.165, 1.54) is 5.56 Å². The van der Waals surface area contributed by atoms with Gasteiger partial charge in [0.05, 0.1) is 12.2 Å². The summed E-state index contributed by atoms with van der Waals surface area (Å²) < 4.78 is 1.86. The zero-order valence-corrected chi connectivity index (χ0v) is 9.94. The summed E-state index contributed by atoms with van der Waals surface area (Å²) in [6.07, 6.45) is 6.73. The van der Waals surface area contributed by atoms with Crippen molar-refractivity contribution in [3.8, 4) is 0 Å². The average Bonchev–Trinajstić information content (AvgIpc) is 2.67. The highest BCUT2D eigenvalue weighted by molar-refractivity contribution is 5.79. The van der Waals surface area contributed by atoms with E-state index in [2.05, 4.69) is 17.3 Å². The first-order valence-electron chi connectivity index (χ1n) is 5.65. The van der Waals surface area contributed by atoms with Crippen molar-refractivity contribution >= 4 is 5.91 Å². The minimum absolute atomic E-state index is 0.279. The van der Waals surface area contributed by atoms with Gasteiger partial charge in [0.15, 0.2) is 0 Å². The molecule has 0 saturated heterocycles. The van der Waals surface area contributed by atoms with Gasteiger partial charge in [-0.05, 0) is 25.5 Å². The summed E-state index contributed by atoms with van der Waals surface area (Å²) in [4.78, 5) is 11.0. The quantitative estimate of drug-likeness (QED) is 0.699. The number of carbonyl (C=O) groups excluding carboxylic acids is 1. The fraction of sp³-hybridized carbons (Fsp3) is 0.636. The standard InChI is InChI=1S/C11H20N4O/c1-3-4-9-7-14-15(8-9)6-5-10(13-2)11(12)16/h7-8,10,13H,3-6H2,1-2H3,(H2,12,16). The second-order valence-electron chi connectivity index (χ2n) is 3.89. The maximum atomic E-state index is 11.0. The minimum atomic E-state index is -0.316. The molecule has 0 aromatic carbocycles. The molecule has 5 nitrogen and oxygen atoms in total. The molecule has 0 aliphatic carbocycles. The van der Waals surface area contributed by atoms with E-state index >= 15 is 0 Å². The van der Waals surface area contributed by atoms with Crippen LogP contribution in [0.25, 0.3) is 0 Å². The van der Waals surface area contributed by atoms with Crippen molar-refractivity contribution < 1.29 is 4.79 Å². The molecule has 0 aliphatic rings. The van der Waals surface area contributed by atoms with Crippen molar-refractivity contribution in [2.45, 2.75) is 38.8 Å². The van der Waals surface area contributed by atoms with E-state index < -0.39 is 0 Å². The van der Waals surface area contributed by atoms with Crippen LogP contribution in [-0.4, -0.2) is 28.8 Å². The van der Waals surface area contributed by atoms with Crippen LogP contribution >= 0.6 is 0 Å². The molecule has 1 unspecified atom stereocenters. The number of hydrogen-bond acceptors (Lipinski definition) is 3. The molecule has 1 heterocycles. The summed E-state index contributed by atoms with van der Waals surface area (Å²) in [6.45, 7) is 2.85. The van der Waals surface area contributed by atoms with Crippen molar-refractivity contribution in [2.75, 3.05) is 7.05 Å². The fourth-order valence-electron chi connectivity index (χ4n) is 1.64. The molecule has 16 heavy (non-hydrogen) atoms. The molecule has 0 aliphatic heterocycles. The number of likely N-dealkylation sites (N-methyl/N-ethyl adjacent to an activating group) is 1. The summed E-state index contributed by atoms with van der Waals surface area (Å²) >= 11 is 0. The van der Waals surface area contributed by atoms with Gasteiger partial charge in [0.2, 0.25) is 5.91 Å². The number of carbonyl (C=O) groups is 1. The van der Waals surface area contributed by atoms with Crippen LogP contribution in [0.4, 0.5) is 0 Å². The lowest BCUT2D eigenvalue weighted by Crippen LogP contribution is -2.39. The number of amides is 1. The molecule has 1 aromatic rings.